The van der Waals surface area contributed by atoms with Crippen LogP contribution < -0.4 is 9.92 Å². The standard InChI is InChI=1S/C10H9NO3S/c11-9-3-1-7-2-4-10(14-15(12)13)6-8(7)5-9/h1-6H,11H2,(H,12,13). The Bertz CT molecular complexity index is 527. The van der Waals surface area contributed by atoms with Crippen molar-refractivity contribution >= 4 is 27.8 Å². The zero-order valence-corrected chi connectivity index (χ0v) is 8.53. The molecule has 1 atom stereocenters. The molecule has 0 fully saturated rings. The first kappa shape index (κ1) is 9.95. The summed E-state index contributed by atoms with van der Waals surface area (Å²) in [5.74, 6) is 0.342. The van der Waals surface area contributed by atoms with Gasteiger partial charge >= 0.3 is 11.4 Å². The zero-order valence-electron chi connectivity index (χ0n) is 7.71. The molecule has 3 N–H and O–H groups in total. The predicted octanol–water partition coefficient (Wildman–Crippen LogP) is 1.94. The van der Waals surface area contributed by atoms with E-state index in [2.05, 4.69) is 4.18 Å². The van der Waals surface area contributed by atoms with E-state index < -0.39 is 11.4 Å². The van der Waals surface area contributed by atoms with E-state index in [4.69, 9.17) is 10.3 Å². The van der Waals surface area contributed by atoms with Gasteiger partial charge < -0.3 is 9.92 Å². The van der Waals surface area contributed by atoms with E-state index >= 15 is 0 Å². The van der Waals surface area contributed by atoms with Crippen LogP contribution in [0.4, 0.5) is 5.69 Å². The number of rotatable bonds is 2. The van der Waals surface area contributed by atoms with Crippen LogP contribution >= 0.6 is 0 Å². The molecule has 5 heteroatoms. The fourth-order valence-electron chi connectivity index (χ4n) is 1.38. The minimum absolute atomic E-state index is 0.342. The summed E-state index contributed by atoms with van der Waals surface area (Å²) in [5, 5.41) is 1.87. The molecule has 1 unspecified atom stereocenters. The highest BCUT2D eigenvalue weighted by Crippen LogP contribution is 2.23. The average Bonchev–Trinajstić information content (AvgIpc) is 2.16. The third-order valence-corrected chi connectivity index (χ3v) is 2.34. The first-order chi connectivity index (χ1) is 7.15. The summed E-state index contributed by atoms with van der Waals surface area (Å²) in [7, 11) is 0. The fourth-order valence-corrected chi connectivity index (χ4v) is 1.65. The molecule has 2 rings (SSSR count). The Morgan fingerprint density at radius 1 is 1.13 bits per heavy atom. The molecular formula is C10H9NO3S. The van der Waals surface area contributed by atoms with Crippen LogP contribution in [-0.2, 0) is 11.4 Å². The van der Waals surface area contributed by atoms with Gasteiger partial charge in [-0.15, -0.1) is 0 Å². The zero-order chi connectivity index (χ0) is 10.8. The first-order valence-corrected chi connectivity index (χ1v) is 5.27. The van der Waals surface area contributed by atoms with Crippen molar-refractivity contribution in [2.75, 3.05) is 5.73 Å². The summed E-state index contributed by atoms with van der Waals surface area (Å²) in [6, 6.07) is 10.6. The summed E-state index contributed by atoms with van der Waals surface area (Å²) in [5.41, 5.74) is 6.27. The van der Waals surface area contributed by atoms with Crippen LogP contribution in [0.3, 0.4) is 0 Å². The Morgan fingerprint density at radius 3 is 2.60 bits per heavy atom. The molecule has 0 bridgehead atoms. The number of nitrogen functional groups attached to an aromatic ring is 1. The minimum atomic E-state index is -2.30. The fraction of sp³-hybridized carbons (Fsp3) is 0. The van der Waals surface area contributed by atoms with Gasteiger partial charge in [0, 0.05) is 5.69 Å². The highest BCUT2D eigenvalue weighted by atomic mass is 32.2. The third-order valence-electron chi connectivity index (χ3n) is 2.00. The maximum Gasteiger partial charge on any atom is 0.357 e. The van der Waals surface area contributed by atoms with Gasteiger partial charge in [-0.05, 0) is 35.0 Å². The molecule has 0 saturated carbocycles. The lowest BCUT2D eigenvalue weighted by atomic mass is 10.1. The Labute approximate surface area is 89.2 Å². The van der Waals surface area contributed by atoms with Crippen LogP contribution in [0.25, 0.3) is 10.8 Å². The van der Waals surface area contributed by atoms with Gasteiger partial charge in [-0.2, -0.15) is 4.21 Å². The molecule has 0 amide bonds. The van der Waals surface area contributed by atoms with Crippen molar-refractivity contribution in [3.8, 4) is 5.75 Å². The predicted molar refractivity (Wildman–Crippen MR) is 59.8 cm³/mol. The van der Waals surface area contributed by atoms with Crippen LogP contribution in [-0.4, -0.2) is 8.76 Å². The second-order valence-corrected chi connectivity index (χ2v) is 3.67. The van der Waals surface area contributed by atoms with E-state index in [1.165, 1.54) is 0 Å². The normalized spacial score (nSPS) is 12.6. The number of hydrogen-bond donors (Lipinski definition) is 2. The molecule has 78 valence electrons. The van der Waals surface area contributed by atoms with Gasteiger partial charge in [0.15, 0.2) is 0 Å². The van der Waals surface area contributed by atoms with E-state index in [-0.39, 0.29) is 0 Å². The SMILES string of the molecule is Nc1ccc2ccc(OS(=O)O)cc2c1. The Kier molecular flexibility index (Phi) is 2.57. The second kappa shape index (κ2) is 3.88. The smallest absolute Gasteiger partial charge is 0.357 e. The number of anilines is 1. The van der Waals surface area contributed by atoms with E-state index in [0.717, 1.165) is 10.8 Å². The molecule has 0 radical (unpaired) electrons. The van der Waals surface area contributed by atoms with Crippen LogP contribution in [0, 0.1) is 0 Å². The molecule has 0 spiro atoms. The van der Waals surface area contributed by atoms with E-state index in [0.29, 0.717) is 11.4 Å². The van der Waals surface area contributed by atoms with Crippen molar-refractivity contribution in [1.29, 1.82) is 0 Å². The Hall–Kier alpha value is -1.59. The number of fused-ring (bicyclic) bond motifs is 1. The number of nitrogens with two attached hydrogens (primary N) is 1. The lowest BCUT2D eigenvalue weighted by molar-refractivity contribution is 0.458. The summed E-state index contributed by atoms with van der Waals surface area (Å²) in [4.78, 5) is 0. The Morgan fingerprint density at radius 2 is 1.87 bits per heavy atom. The molecule has 0 aliphatic carbocycles. The lowest BCUT2D eigenvalue weighted by Crippen LogP contribution is -1.97. The second-order valence-electron chi connectivity index (χ2n) is 3.07. The monoisotopic (exact) mass is 223 g/mol. The van der Waals surface area contributed by atoms with E-state index in [1.54, 1.807) is 30.3 Å². The molecule has 2 aromatic rings. The summed E-state index contributed by atoms with van der Waals surface area (Å²) in [6.07, 6.45) is 0. The Balaban J connectivity index is 2.49. The molecule has 0 heterocycles. The van der Waals surface area contributed by atoms with Crippen molar-refractivity contribution in [2.24, 2.45) is 0 Å². The van der Waals surface area contributed by atoms with Crippen molar-refractivity contribution < 1.29 is 12.9 Å². The van der Waals surface area contributed by atoms with Gasteiger partial charge in [0.1, 0.15) is 5.75 Å². The highest BCUT2D eigenvalue weighted by molar-refractivity contribution is 7.74. The highest BCUT2D eigenvalue weighted by Gasteiger charge is 2.00. The summed E-state index contributed by atoms with van der Waals surface area (Å²) in [6.45, 7) is 0. The topological polar surface area (TPSA) is 72.5 Å². The average molecular weight is 223 g/mol. The van der Waals surface area contributed by atoms with Crippen LogP contribution in [0.5, 0.6) is 5.75 Å². The molecule has 0 aliphatic heterocycles. The van der Waals surface area contributed by atoms with Gasteiger partial charge in [0.25, 0.3) is 0 Å². The molecule has 0 aromatic heterocycles. The number of benzene rings is 2. The first-order valence-electron chi connectivity index (χ1n) is 4.23. The van der Waals surface area contributed by atoms with Crippen molar-refractivity contribution in [3.63, 3.8) is 0 Å². The number of hydrogen-bond acceptors (Lipinski definition) is 3. The molecule has 4 nitrogen and oxygen atoms in total. The van der Waals surface area contributed by atoms with Crippen LogP contribution in [0.1, 0.15) is 0 Å². The largest absolute Gasteiger partial charge is 0.399 e. The molecular weight excluding hydrogens is 214 g/mol. The molecule has 2 aromatic carbocycles. The van der Waals surface area contributed by atoms with Gasteiger partial charge in [-0.25, -0.2) is 0 Å². The third kappa shape index (κ3) is 2.26. The van der Waals surface area contributed by atoms with Gasteiger partial charge in [-0.1, -0.05) is 12.1 Å². The summed E-state index contributed by atoms with van der Waals surface area (Å²) >= 11 is -2.30. The van der Waals surface area contributed by atoms with E-state index in [9.17, 15) is 4.21 Å². The van der Waals surface area contributed by atoms with E-state index in [1.807, 2.05) is 6.07 Å². The minimum Gasteiger partial charge on any atom is -0.399 e. The van der Waals surface area contributed by atoms with Gasteiger partial charge in [0.2, 0.25) is 0 Å². The quantitative estimate of drug-likeness (QED) is 0.602. The van der Waals surface area contributed by atoms with Crippen molar-refractivity contribution in [1.82, 2.24) is 0 Å². The van der Waals surface area contributed by atoms with Crippen molar-refractivity contribution in [2.45, 2.75) is 0 Å². The molecule has 0 aliphatic rings. The maximum atomic E-state index is 10.4. The van der Waals surface area contributed by atoms with Crippen LogP contribution in [0.15, 0.2) is 36.4 Å². The van der Waals surface area contributed by atoms with Gasteiger partial charge in [0.05, 0.1) is 0 Å². The molecule has 15 heavy (non-hydrogen) atoms. The van der Waals surface area contributed by atoms with Gasteiger partial charge in [-0.3, -0.25) is 4.55 Å². The lowest BCUT2D eigenvalue weighted by Gasteiger charge is -2.03. The summed E-state index contributed by atoms with van der Waals surface area (Å²) < 4.78 is 23.6. The van der Waals surface area contributed by atoms with Crippen molar-refractivity contribution in [3.05, 3.63) is 36.4 Å². The van der Waals surface area contributed by atoms with Crippen LogP contribution in [0.2, 0.25) is 0 Å². The molecule has 0 saturated heterocycles. The maximum absolute atomic E-state index is 10.4.